The second kappa shape index (κ2) is 9.03. The van der Waals surface area contributed by atoms with Crippen LogP contribution in [0.3, 0.4) is 0 Å². The van der Waals surface area contributed by atoms with Gasteiger partial charge in [-0.05, 0) is 42.0 Å². The lowest BCUT2D eigenvalue weighted by molar-refractivity contribution is -0.0948. The lowest BCUT2D eigenvalue weighted by Crippen LogP contribution is -2.35. The maximum absolute atomic E-state index is 12.5. The van der Waals surface area contributed by atoms with E-state index >= 15 is 0 Å². The zero-order valence-electron chi connectivity index (χ0n) is 16.3. The molecule has 10 heteroatoms. The van der Waals surface area contributed by atoms with Gasteiger partial charge >= 0.3 is 0 Å². The van der Waals surface area contributed by atoms with Crippen molar-refractivity contribution in [1.29, 1.82) is 0 Å². The first-order chi connectivity index (χ1) is 14.5. The molecule has 0 spiro atoms. The summed E-state index contributed by atoms with van der Waals surface area (Å²) in [7, 11) is -1.94. The maximum atomic E-state index is 12.5. The van der Waals surface area contributed by atoms with Gasteiger partial charge in [-0.3, -0.25) is 4.72 Å². The van der Waals surface area contributed by atoms with Crippen molar-refractivity contribution < 1.29 is 17.9 Å². The standard InChI is InChI=1S/C20H21N3O4S3/c1-26-20(9-11-27-12-10-20)15-3-2-4-17(13-15)29-16-5-7-18(8-6-16)30(24,25)23-19-22-21-14-28-19/h2-8,13-14H,9-12H2,1H3,(H,22,23). The van der Waals surface area contributed by atoms with E-state index in [1.807, 2.05) is 12.1 Å². The second-order valence-electron chi connectivity index (χ2n) is 6.76. The summed E-state index contributed by atoms with van der Waals surface area (Å²) in [6, 6.07) is 15.1. The van der Waals surface area contributed by atoms with E-state index in [2.05, 4.69) is 27.1 Å². The number of nitrogens with zero attached hydrogens (tertiary/aromatic N) is 2. The molecule has 1 fully saturated rings. The number of anilines is 1. The first kappa shape index (κ1) is 21.3. The maximum Gasteiger partial charge on any atom is 0.263 e. The molecule has 0 bridgehead atoms. The number of rotatable bonds is 7. The molecule has 1 saturated heterocycles. The highest BCUT2D eigenvalue weighted by molar-refractivity contribution is 7.99. The summed E-state index contributed by atoms with van der Waals surface area (Å²) in [4.78, 5) is 2.19. The Labute approximate surface area is 183 Å². The molecule has 0 saturated carbocycles. The third-order valence-corrected chi connectivity index (χ3v) is 8.09. The fraction of sp³-hybridized carbons (Fsp3) is 0.300. The summed E-state index contributed by atoms with van der Waals surface area (Å²) < 4.78 is 38.7. The summed E-state index contributed by atoms with van der Waals surface area (Å²) >= 11 is 2.71. The van der Waals surface area contributed by atoms with Crippen molar-refractivity contribution in [2.75, 3.05) is 25.0 Å². The van der Waals surface area contributed by atoms with E-state index in [1.165, 1.54) is 5.51 Å². The number of benzene rings is 2. The average molecular weight is 464 g/mol. The second-order valence-corrected chi connectivity index (χ2v) is 10.4. The Morgan fingerprint density at radius 2 is 1.90 bits per heavy atom. The first-order valence-electron chi connectivity index (χ1n) is 9.31. The van der Waals surface area contributed by atoms with Crippen LogP contribution in [0.25, 0.3) is 0 Å². The van der Waals surface area contributed by atoms with E-state index in [1.54, 1.807) is 43.1 Å². The summed E-state index contributed by atoms with van der Waals surface area (Å²) in [5, 5.41) is 7.59. The SMILES string of the molecule is COC1(c2cccc(Sc3ccc(S(=O)(=O)Nc4nncs4)cc3)c2)CCOCC1. The molecular weight excluding hydrogens is 442 g/mol. The van der Waals surface area contributed by atoms with Crippen LogP contribution in [-0.2, 0) is 25.1 Å². The van der Waals surface area contributed by atoms with Gasteiger partial charge in [-0.2, -0.15) is 0 Å². The van der Waals surface area contributed by atoms with Crippen molar-refractivity contribution >= 4 is 38.3 Å². The molecule has 2 aromatic carbocycles. The Morgan fingerprint density at radius 1 is 1.13 bits per heavy atom. The number of nitrogens with one attached hydrogen (secondary N) is 1. The number of sulfonamides is 1. The van der Waals surface area contributed by atoms with Gasteiger partial charge in [-0.15, -0.1) is 10.2 Å². The van der Waals surface area contributed by atoms with Crippen LogP contribution in [0, 0.1) is 0 Å². The van der Waals surface area contributed by atoms with Gasteiger partial charge in [0.05, 0.1) is 10.5 Å². The highest BCUT2D eigenvalue weighted by Crippen LogP contribution is 2.38. The highest BCUT2D eigenvalue weighted by atomic mass is 32.2. The third kappa shape index (κ3) is 4.68. The molecule has 0 unspecified atom stereocenters. The largest absolute Gasteiger partial charge is 0.381 e. The predicted molar refractivity (Wildman–Crippen MR) is 116 cm³/mol. The van der Waals surface area contributed by atoms with Crippen molar-refractivity contribution in [1.82, 2.24) is 10.2 Å². The van der Waals surface area contributed by atoms with E-state index in [4.69, 9.17) is 9.47 Å². The van der Waals surface area contributed by atoms with Crippen LogP contribution in [0.2, 0.25) is 0 Å². The van der Waals surface area contributed by atoms with Crippen LogP contribution in [0.5, 0.6) is 0 Å². The zero-order chi connectivity index (χ0) is 21.0. The van der Waals surface area contributed by atoms with Crippen LogP contribution in [0.15, 0.2) is 68.7 Å². The molecule has 158 valence electrons. The van der Waals surface area contributed by atoms with Crippen LogP contribution in [0.4, 0.5) is 5.13 Å². The highest BCUT2D eigenvalue weighted by Gasteiger charge is 2.34. The molecule has 0 radical (unpaired) electrons. The number of methoxy groups -OCH3 is 1. The normalized spacial score (nSPS) is 16.3. The number of hydrogen-bond donors (Lipinski definition) is 1. The number of ether oxygens (including phenoxy) is 2. The minimum Gasteiger partial charge on any atom is -0.381 e. The Hall–Kier alpha value is -1.98. The third-order valence-electron chi connectivity index (χ3n) is 5.00. The minimum atomic E-state index is -3.69. The molecule has 3 aromatic rings. The van der Waals surface area contributed by atoms with Gasteiger partial charge < -0.3 is 9.47 Å². The Bertz CT molecular complexity index is 1080. The number of aromatic nitrogens is 2. The first-order valence-corrected chi connectivity index (χ1v) is 12.5. The van der Waals surface area contributed by atoms with Gasteiger partial charge in [0, 0.05) is 43.0 Å². The summed E-state index contributed by atoms with van der Waals surface area (Å²) in [6.07, 6.45) is 1.65. The number of hydrogen-bond acceptors (Lipinski definition) is 8. The topological polar surface area (TPSA) is 90.4 Å². The Balaban J connectivity index is 1.50. The van der Waals surface area contributed by atoms with E-state index in [9.17, 15) is 8.42 Å². The molecule has 7 nitrogen and oxygen atoms in total. The van der Waals surface area contributed by atoms with Crippen molar-refractivity contribution in [3.63, 3.8) is 0 Å². The van der Waals surface area contributed by atoms with Crippen LogP contribution in [-0.4, -0.2) is 38.9 Å². The monoisotopic (exact) mass is 463 g/mol. The van der Waals surface area contributed by atoms with Crippen LogP contribution < -0.4 is 4.72 Å². The van der Waals surface area contributed by atoms with E-state index in [0.29, 0.717) is 13.2 Å². The lowest BCUT2D eigenvalue weighted by Gasteiger charge is -2.36. The summed E-state index contributed by atoms with van der Waals surface area (Å²) in [5.41, 5.74) is 2.29. The molecule has 1 aromatic heterocycles. The Morgan fingerprint density at radius 3 is 2.57 bits per heavy atom. The molecule has 0 aliphatic carbocycles. The van der Waals surface area contributed by atoms with Gasteiger partial charge in [-0.1, -0.05) is 35.2 Å². The molecule has 2 heterocycles. The van der Waals surface area contributed by atoms with Crippen molar-refractivity contribution in [3.8, 4) is 0 Å². The molecule has 0 atom stereocenters. The van der Waals surface area contributed by atoms with E-state index in [0.717, 1.165) is 39.5 Å². The van der Waals surface area contributed by atoms with E-state index in [-0.39, 0.29) is 15.6 Å². The van der Waals surface area contributed by atoms with Crippen molar-refractivity contribution in [2.24, 2.45) is 0 Å². The van der Waals surface area contributed by atoms with Gasteiger partial charge in [0.25, 0.3) is 10.0 Å². The minimum absolute atomic E-state index is 0.177. The molecule has 4 rings (SSSR count). The van der Waals surface area contributed by atoms with E-state index < -0.39 is 10.0 Å². The molecular formula is C20H21N3O4S3. The van der Waals surface area contributed by atoms with Crippen LogP contribution >= 0.6 is 23.1 Å². The Kier molecular flexibility index (Phi) is 6.40. The quantitative estimate of drug-likeness (QED) is 0.563. The van der Waals surface area contributed by atoms with Crippen molar-refractivity contribution in [2.45, 2.75) is 33.1 Å². The summed E-state index contributed by atoms with van der Waals surface area (Å²) in [6.45, 7) is 1.37. The fourth-order valence-corrected chi connectivity index (χ4v) is 5.94. The lowest BCUT2D eigenvalue weighted by atomic mass is 9.86. The molecule has 1 N–H and O–H groups in total. The fourth-order valence-electron chi connectivity index (χ4n) is 3.37. The molecule has 1 aliphatic heterocycles. The van der Waals surface area contributed by atoms with Crippen LogP contribution in [0.1, 0.15) is 18.4 Å². The summed E-state index contributed by atoms with van der Waals surface area (Å²) in [5.74, 6) is 0. The molecule has 30 heavy (non-hydrogen) atoms. The predicted octanol–water partition coefficient (Wildman–Crippen LogP) is 4.14. The van der Waals surface area contributed by atoms with Crippen molar-refractivity contribution in [3.05, 3.63) is 59.6 Å². The van der Waals surface area contributed by atoms with Gasteiger partial charge in [-0.25, -0.2) is 8.42 Å². The van der Waals surface area contributed by atoms with Gasteiger partial charge in [0.15, 0.2) is 0 Å². The molecule has 0 amide bonds. The van der Waals surface area contributed by atoms with Gasteiger partial charge in [0.1, 0.15) is 5.51 Å². The van der Waals surface area contributed by atoms with Gasteiger partial charge in [0.2, 0.25) is 5.13 Å². The zero-order valence-corrected chi connectivity index (χ0v) is 18.7. The molecule has 1 aliphatic rings. The smallest absolute Gasteiger partial charge is 0.263 e. The average Bonchev–Trinajstić information content (AvgIpc) is 3.27.